The number of ether oxygens (including phenoxy) is 1. The van der Waals surface area contributed by atoms with Gasteiger partial charge in [-0.05, 0) is 43.4 Å². The molecule has 174 valence electrons. The van der Waals surface area contributed by atoms with E-state index in [-0.39, 0.29) is 23.1 Å². The number of hydrogen-bond donors (Lipinski definition) is 0. The molecule has 1 heterocycles. The Hall–Kier alpha value is -3.04. The Kier molecular flexibility index (Phi) is 6.62. The van der Waals surface area contributed by atoms with Crippen molar-refractivity contribution in [3.8, 4) is 0 Å². The second kappa shape index (κ2) is 9.44. The molecule has 0 radical (unpaired) electrons. The van der Waals surface area contributed by atoms with Crippen molar-refractivity contribution in [3.63, 3.8) is 0 Å². The Morgan fingerprint density at radius 1 is 1.09 bits per heavy atom. The van der Waals surface area contributed by atoms with Crippen LogP contribution in [0.5, 0.6) is 0 Å². The van der Waals surface area contributed by atoms with Crippen LogP contribution in [0.1, 0.15) is 44.2 Å². The summed E-state index contributed by atoms with van der Waals surface area (Å²) in [7, 11) is -4.10. The van der Waals surface area contributed by atoms with Gasteiger partial charge in [0.2, 0.25) is 10.0 Å². The number of nitro benzene ring substituents is 1. The van der Waals surface area contributed by atoms with Gasteiger partial charge in [-0.25, -0.2) is 13.2 Å². The molecule has 9 heteroatoms. The minimum Gasteiger partial charge on any atom is -0.463 e. The molecule has 8 nitrogen and oxygen atoms in total. The lowest BCUT2D eigenvalue weighted by Crippen LogP contribution is -2.42. The van der Waals surface area contributed by atoms with Crippen LogP contribution in [0.15, 0.2) is 71.1 Å². The first-order valence-corrected chi connectivity index (χ1v) is 12.5. The minimum atomic E-state index is -4.10. The van der Waals surface area contributed by atoms with Crippen molar-refractivity contribution in [1.82, 2.24) is 4.31 Å². The second-order valence-corrected chi connectivity index (χ2v) is 10.1. The number of hydrogen-bond acceptors (Lipinski definition) is 6. The zero-order valence-corrected chi connectivity index (χ0v) is 19.1. The Morgan fingerprint density at radius 3 is 2.30 bits per heavy atom. The van der Waals surface area contributed by atoms with Gasteiger partial charge in [0.15, 0.2) is 0 Å². The van der Waals surface area contributed by atoms with Gasteiger partial charge < -0.3 is 4.74 Å². The Labute approximate surface area is 193 Å². The maximum absolute atomic E-state index is 14.0. The van der Waals surface area contributed by atoms with Gasteiger partial charge in [0, 0.05) is 18.2 Å². The summed E-state index contributed by atoms with van der Waals surface area (Å²) in [5.41, 5.74) is 0.792. The van der Waals surface area contributed by atoms with E-state index in [1.54, 1.807) is 37.3 Å². The largest absolute Gasteiger partial charge is 0.463 e. The maximum atomic E-state index is 14.0. The highest BCUT2D eigenvalue weighted by Gasteiger charge is 2.49. The predicted molar refractivity (Wildman–Crippen MR) is 122 cm³/mol. The summed E-state index contributed by atoms with van der Waals surface area (Å²) >= 11 is 0. The summed E-state index contributed by atoms with van der Waals surface area (Å²) in [6.07, 6.45) is 5.50. The van der Waals surface area contributed by atoms with Gasteiger partial charge in [0.05, 0.1) is 28.0 Å². The van der Waals surface area contributed by atoms with Crippen molar-refractivity contribution in [2.24, 2.45) is 5.92 Å². The van der Waals surface area contributed by atoms with Crippen LogP contribution in [-0.4, -0.2) is 36.3 Å². The van der Waals surface area contributed by atoms with Gasteiger partial charge in [-0.2, -0.15) is 4.31 Å². The number of nitro groups is 1. The lowest BCUT2D eigenvalue weighted by atomic mass is 9.98. The molecule has 0 N–H and O–H groups in total. The van der Waals surface area contributed by atoms with Crippen molar-refractivity contribution < 1.29 is 22.9 Å². The van der Waals surface area contributed by atoms with Crippen LogP contribution in [0, 0.1) is 16.0 Å². The summed E-state index contributed by atoms with van der Waals surface area (Å²) < 4.78 is 34.6. The highest BCUT2D eigenvalue weighted by atomic mass is 32.2. The SMILES string of the molecule is CCOC(=O)C1=C[C@@H](C2CCCC2)N(S(=O)(=O)c2ccc([N+](=O)[O-])cc2)[C@H]1c1ccccc1. The summed E-state index contributed by atoms with van der Waals surface area (Å²) in [5.74, 6) is -0.452. The predicted octanol–water partition coefficient (Wildman–Crippen LogP) is 4.39. The standard InChI is InChI=1S/C24H26N2O6S/c1-2-32-24(27)21-16-22(17-8-6-7-9-17)25(23(21)18-10-4-3-5-11-18)33(30,31)20-14-12-19(13-15-20)26(28)29/h3-5,10-17,22-23H,2,6-9H2,1H3/t22-,23-/m0/s1. The third-order valence-corrected chi connectivity index (χ3v) is 8.20. The average molecular weight is 471 g/mol. The van der Waals surface area contributed by atoms with E-state index in [0.717, 1.165) is 25.7 Å². The summed E-state index contributed by atoms with van der Waals surface area (Å²) in [5, 5.41) is 11.0. The molecule has 0 amide bonds. The molecule has 1 saturated carbocycles. The number of sulfonamides is 1. The van der Waals surface area contributed by atoms with Crippen LogP contribution >= 0.6 is 0 Å². The number of esters is 1. The monoisotopic (exact) mass is 470 g/mol. The molecule has 2 atom stereocenters. The van der Waals surface area contributed by atoms with E-state index in [9.17, 15) is 23.3 Å². The van der Waals surface area contributed by atoms with Crippen LogP contribution in [-0.2, 0) is 19.6 Å². The molecule has 0 bridgehead atoms. The lowest BCUT2D eigenvalue weighted by molar-refractivity contribution is -0.384. The average Bonchev–Trinajstić information content (AvgIpc) is 3.48. The van der Waals surface area contributed by atoms with Crippen molar-refractivity contribution in [2.45, 2.75) is 49.6 Å². The van der Waals surface area contributed by atoms with E-state index >= 15 is 0 Å². The van der Waals surface area contributed by atoms with Gasteiger partial charge in [-0.15, -0.1) is 0 Å². The molecule has 2 aromatic rings. The number of non-ortho nitro benzene ring substituents is 1. The van der Waals surface area contributed by atoms with Crippen LogP contribution in [0.3, 0.4) is 0 Å². The summed E-state index contributed by atoms with van der Waals surface area (Å²) in [6.45, 7) is 1.89. The minimum absolute atomic E-state index is 0.0458. The van der Waals surface area contributed by atoms with Gasteiger partial charge in [0.25, 0.3) is 5.69 Å². The van der Waals surface area contributed by atoms with E-state index in [4.69, 9.17) is 4.74 Å². The smallest absolute Gasteiger partial charge is 0.335 e. The van der Waals surface area contributed by atoms with Crippen molar-refractivity contribution >= 4 is 21.7 Å². The van der Waals surface area contributed by atoms with Crippen LogP contribution in [0.4, 0.5) is 5.69 Å². The number of rotatable bonds is 7. The van der Waals surface area contributed by atoms with Crippen LogP contribution in [0.25, 0.3) is 0 Å². The molecule has 2 aliphatic rings. The molecule has 0 unspecified atom stereocenters. The first-order valence-electron chi connectivity index (χ1n) is 11.1. The van der Waals surface area contributed by atoms with Crippen LogP contribution in [0.2, 0.25) is 0 Å². The Bertz CT molecular complexity index is 1160. The zero-order valence-electron chi connectivity index (χ0n) is 18.3. The number of carbonyl (C=O) groups is 1. The van der Waals surface area contributed by atoms with E-state index in [1.165, 1.54) is 28.6 Å². The highest BCUT2D eigenvalue weighted by molar-refractivity contribution is 7.89. The van der Waals surface area contributed by atoms with Gasteiger partial charge in [0.1, 0.15) is 0 Å². The number of benzene rings is 2. The fraction of sp³-hybridized carbons (Fsp3) is 0.375. The third kappa shape index (κ3) is 4.43. The van der Waals surface area contributed by atoms with Crippen molar-refractivity contribution in [1.29, 1.82) is 0 Å². The molecule has 0 aromatic heterocycles. The van der Waals surface area contributed by atoms with E-state index in [0.29, 0.717) is 11.1 Å². The molecule has 1 fully saturated rings. The zero-order chi connectivity index (χ0) is 23.6. The van der Waals surface area contributed by atoms with Crippen molar-refractivity contribution in [3.05, 3.63) is 81.9 Å². The van der Waals surface area contributed by atoms with Gasteiger partial charge in [-0.1, -0.05) is 49.2 Å². The first-order chi connectivity index (χ1) is 15.8. The number of nitrogens with zero attached hydrogens (tertiary/aromatic N) is 2. The Morgan fingerprint density at radius 2 is 1.73 bits per heavy atom. The van der Waals surface area contributed by atoms with Gasteiger partial charge in [-0.3, -0.25) is 10.1 Å². The highest BCUT2D eigenvalue weighted by Crippen LogP contribution is 2.46. The topological polar surface area (TPSA) is 107 Å². The normalized spacial score (nSPS) is 21.7. The molecule has 1 aliphatic carbocycles. The molecule has 33 heavy (non-hydrogen) atoms. The van der Waals surface area contributed by atoms with E-state index < -0.39 is 33.0 Å². The molecular weight excluding hydrogens is 444 g/mol. The van der Waals surface area contributed by atoms with Gasteiger partial charge >= 0.3 is 5.97 Å². The third-order valence-electron chi connectivity index (χ3n) is 6.33. The molecule has 1 aliphatic heterocycles. The maximum Gasteiger partial charge on any atom is 0.335 e. The summed E-state index contributed by atoms with van der Waals surface area (Å²) in [4.78, 5) is 23.4. The molecule has 4 rings (SSSR count). The number of carbonyl (C=O) groups excluding carboxylic acids is 1. The molecule has 2 aromatic carbocycles. The van der Waals surface area contributed by atoms with Crippen LogP contribution < -0.4 is 0 Å². The fourth-order valence-electron chi connectivity index (χ4n) is 4.82. The van der Waals surface area contributed by atoms with Crippen molar-refractivity contribution in [2.75, 3.05) is 6.61 Å². The fourth-order valence-corrected chi connectivity index (χ4v) is 6.61. The Balaban J connectivity index is 1.85. The van der Waals surface area contributed by atoms with E-state index in [1.807, 2.05) is 6.07 Å². The second-order valence-electron chi connectivity index (χ2n) is 8.28. The van der Waals surface area contributed by atoms with E-state index in [2.05, 4.69) is 0 Å². The molecule has 0 spiro atoms. The quantitative estimate of drug-likeness (QED) is 0.337. The molecule has 0 saturated heterocycles. The molecular formula is C24H26N2O6S. The summed E-state index contributed by atoms with van der Waals surface area (Å²) in [6, 6.07) is 12.6. The first kappa shape index (κ1) is 23.1. The lowest BCUT2D eigenvalue weighted by Gasteiger charge is -2.33.